The van der Waals surface area contributed by atoms with E-state index in [0.717, 1.165) is 5.56 Å². The lowest BCUT2D eigenvalue weighted by Crippen LogP contribution is -2.32. The summed E-state index contributed by atoms with van der Waals surface area (Å²) in [7, 11) is 0. The number of rotatable bonds is 7. The highest BCUT2D eigenvalue weighted by atomic mass is 16.5. The van der Waals surface area contributed by atoms with Crippen molar-refractivity contribution in [1.29, 1.82) is 0 Å². The van der Waals surface area contributed by atoms with Crippen LogP contribution in [-0.2, 0) is 14.9 Å². The minimum absolute atomic E-state index is 0.0446. The van der Waals surface area contributed by atoms with Crippen molar-refractivity contribution in [2.24, 2.45) is 5.92 Å². The van der Waals surface area contributed by atoms with Crippen molar-refractivity contribution < 1.29 is 9.53 Å². The Balaban J connectivity index is 2.77. The summed E-state index contributed by atoms with van der Waals surface area (Å²) in [5.41, 5.74) is 2.61. The number of benzene rings is 1. The molecule has 0 spiro atoms. The third kappa shape index (κ3) is 5.80. The Kier molecular flexibility index (Phi) is 7.08. The molecule has 0 aliphatic heterocycles. The van der Waals surface area contributed by atoms with Crippen LogP contribution in [-0.4, -0.2) is 19.1 Å². The van der Waals surface area contributed by atoms with Gasteiger partial charge in [-0.05, 0) is 29.4 Å². The molecule has 1 N–H and O–H groups in total. The lowest BCUT2D eigenvalue weighted by atomic mass is 9.85. The molecule has 1 aromatic carbocycles. The van der Waals surface area contributed by atoms with Crippen LogP contribution in [0.2, 0.25) is 0 Å². The van der Waals surface area contributed by atoms with E-state index in [4.69, 9.17) is 4.74 Å². The number of hydrogen-bond acceptors (Lipinski definition) is 2. The summed E-state index contributed by atoms with van der Waals surface area (Å²) in [5, 5.41) is 3.13. The van der Waals surface area contributed by atoms with Crippen molar-refractivity contribution in [2.45, 2.75) is 59.4 Å². The molecule has 1 rings (SSSR count). The average Bonchev–Trinajstić information content (AvgIpc) is 2.44. The summed E-state index contributed by atoms with van der Waals surface area (Å²) in [4.78, 5) is 12.0. The summed E-state index contributed by atoms with van der Waals surface area (Å²) >= 11 is 0. The minimum Gasteiger partial charge on any atom is -0.381 e. The van der Waals surface area contributed by atoms with Gasteiger partial charge in [-0.3, -0.25) is 4.79 Å². The molecular weight excluding hydrogens is 274 g/mol. The molecule has 22 heavy (non-hydrogen) atoms. The molecule has 3 heteroatoms. The third-order valence-electron chi connectivity index (χ3n) is 3.80. The van der Waals surface area contributed by atoms with Crippen molar-refractivity contribution in [3.63, 3.8) is 0 Å². The fourth-order valence-corrected chi connectivity index (χ4v) is 2.38. The molecular formula is C19H31NO2. The zero-order valence-corrected chi connectivity index (χ0v) is 14.9. The Morgan fingerprint density at radius 1 is 1.18 bits per heavy atom. The summed E-state index contributed by atoms with van der Waals surface area (Å²) in [6.07, 6.45) is 0.414. The molecule has 1 aromatic rings. The van der Waals surface area contributed by atoms with Gasteiger partial charge in [-0.2, -0.15) is 0 Å². The number of amides is 1. The molecule has 0 saturated carbocycles. The fraction of sp³-hybridized carbons (Fsp3) is 0.632. The summed E-state index contributed by atoms with van der Waals surface area (Å²) in [5.74, 6) is 0.392. The lowest BCUT2D eigenvalue weighted by molar-refractivity contribution is -0.123. The fourth-order valence-electron chi connectivity index (χ4n) is 2.38. The molecule has 124 valence electrons. The van der Waals surface area contributed by atoms with Gasteiger partial charge in [-0.25, -0.2) is 0 Å². The maximum Gasteiger partial charge on any atom is 0.222 e. The molecule has 3 nitrogen and oxygen atoms in total. The van der Waals surface area contributed by atoms with Gasteiger partial charge in [0.2, 0.25) is 5.91 Å². The average molecular weight is 305 g/mol. The molecule has 0 fully saturated rings. The Bertz CT molecular complexity index is 457. The molecule has 0 bridgehead atoms. The first kappa shape index (κ1) is 18.7. The van der Waals surface area contributed by atoms with Gasteiger partial charge < -0.3 is 10.1 Å². The van der Waals surface area contributed by atoms with Crippen LogP contribution >= 0.6 is 0 Å². The maximum atomic E-state index is 12.0. The smallest absolute Gasteiger partial charge is 0.222 e. The highest BCUT2D eigenvalue weighted by Crippen LogP contribution is 2.26. The van der Waals surface area contributed by atoms with Gasteiger partial charge >= 0.3 is 0 Å². The Labute approximate surface area is 135 Å². The molecule has 0 radical (unpaired) electrons. The minimum atomic E-state index is 0.0446. The predicted octanol–water partition coefficient (Wildman–Crippen LogP) is 4.22. The second-order valence-corrected chi connectivity index (χ2v) is 7.11. The van der Waals surface area contributed by atoms with Crippen molar-refractivity contribution in [1.82, 2.24) is 5.32 Å². The van der Waals surface area contributed by atoms with Gasteiger partial charge in [-0.1, -0.05) is 58.9 Å². The van der Waals surface area contributed by atoms with Gasteiger partial charge in [-0.15, -0.1) is 0 Å². The Morgan fingerprint density at radius 2 is 1.77 bits per heavy atom. The van der Waals surface area contributed by atoms with E-state index >= 15 is 0 Å². The Hall–Kier alpha value is -1.35. The molecule has 1 atom stereocenters. The van der Waals surface area contributed by atoms with Gasteiger partial charge in [0.15, 0.2) is 0 Å². The summed E-state index contributed by atoms with van der Waals surface area (Å²) < 4.78 is 5.24. The van der Waals surface area contributed by atoms with Crippen LogP contribution in [0.5, 0.6) is 0 Å². The zero-order chi connectivity index (χ0) is 16.8. The molecule has 0 aromatic heterocycles. The third-order valence-corrected chi connectivity index (χ3v) is 3.80. The predicted molar refractivity (Wildman–Crippen MR) is 92.0 cm³/mol. The summed E-state index contributed by atoms with van der Waals surface area (Å²) in [6, 6.07) is 8.64. The number of hydrogen-bond donors (Lipinski definition) is 1. The number of nitrogens with one attached hydrogen (secondary N) is 1. The standard InChI is InChI=1S/C19H31NO2/c1-7-22-13-12-17(21)20-18(14(2)3)15-8-10-16(11-9-15)19(4,5)6/h8-11,14,18H,7,12-13H2,1-6H3,(H,20,21). The van der Waals surface area contributed by atoms with E-state index in [1.807, 2.05) is 6.92 Å². The first-order valence-corrected chi connectivity index (χ1v) is 8.23. The van der Waals surface area contributed by atoms with E-state index in [-0.39, 0.29) is 17.4 Å². The largest absolute Gasteiger partial charge is 0.381 e. The lowest BCUT2D eigenvalue weighted by Gasteiger charge is -2.25. The van der Waals surface area contributed by atoms with E-state index < -0.39 is 0 Å². The molecule has 0 saturated heterocycles. The first-order valence-electron chi connectivity index (χ1n) is 8.23. The van der Waals surface area contributed by atoms with Crippen molar-refractivity contribution in [3.8, 4) is 0 Å². The van der Waals surface area contributed by atoms with E-state index in [9.17, 15) is 4.79 Å². The number of ether oxygens (including phenoxy) is 1. The van der Waals surface area contributed by atoms with Crippen molar-refractivity contribution in [2.75, 3.05) is 13.2 Å². The highest BCUT2D eigenvalue weighted by molar-refractivity contribution is 5.76. The van der Waals surface area contributed by atoms with E-state index in [0.29, 0.717) is 25.6 Å². The number of carbonyl (C=O) groups excluding carboxylic acids is 1. The quantitative estimate of drug-likeness (QED) is 0.766. The SMILES string of the molecule is CCOCCC(=O)NC(c1ccc(C(C)(C)C)cc1)C(C)C. The van der Waals surface area contributed by atoms with Crippen LogP contribution in [0, 0.1) is 5.92 Å². The topological polar surface area (TPSA) is 38.3 Å². The van der Waals surface area contributed by atoms with E-state index in [1.165, 1.54) is 5.56 Å². The highest BCUT2D eigenvalue weighted by Gasteiger charge is 2.19. The molecule has 0 aliphatic carbocycles. The monoisotopic (exact) mass is 305 g/mol. The van der Waals surface area contributed by atoms with Crippen LogP contribution in [0.15, 0.2) is 24.3 Å². The Morgan fingerprint density at radius 3 is 2.23 bits per heavy atom. The van der Waals surface area contributed by atoms with Crippen LogP contribution < -0.4 is 5.32 Å². The van der Waals surface area contributed by atoms with Gasteiger partial charge in [0, 0.05) is 13.0 Å². The summed E-state index contributed by atoms with van der Waals surface area (Å²) in [6.45, 7) is 13.9. The maximum absolute atomic E-state index is 12.0. The van der Waals surface area contributed by atoms with E-state index in [2.05, 4.69) is 64.2 Å². The van der Waals surface area contributed by atoms with Crippen molar-refractivity contribution in [3.05, 3.63) is 35.4 Å². The molecule has 0 aliphatic rings. The van der Waals surface area contributed by atoms with Gasteiger partial charge in [0.05, 0.1) is 12.6 Å². The van der Waals surface area contributed by atoms with Crippen LogP contribution in [0.3, 0.4) is 0 Å². The van der Waals surface area contributed by atoms with Gasteiger partial charge in [0.25, 0.3) is 0 Å². The molecule has 1 unspecified atom stereocenters. The number of carbonyl (C=O) groups is 1. The van der Waals surface area contributed by atoms with Crippen molar-refractivity contribution >= 4 is 5.91 Å². The zero-order valence-electron chi connectivity index (χ0n) is 14.9. The van der Waals surface area contributed by atoms with E-state index in [1.54, 1.807) is 0 Å². The molecule has 1 amide bonds. The van der Waals surface area contributed by atoms with Crippen LogP contribution in [0.25, 0.3) is 0 Å². The second-order valence-electron chi connectivity index (χ2n) is 7.11. The molecule has 0 heterocycles. The van der Waals surface area contributed by atoms with Gasteiger partial charge in [0.1, 0.15) is 0 Å². The first-order chi connectivity index (χ1) is 10.3. The normalized spacial score (nSPS) is 13.2. The second kappa shape index (κ2) is 8.33. The van der Waals surface area contributed by atoms with Crippen LogP contribution in [0.4, 0.5) is 0 Å². The van der Waals surface area contributed by atoms with Crippen LogP contribution in [0.1, 0.15) is 65.1 Å².